The molecule has 1 aliphatic heterocycles. The molecule has 2 rings (SSSR count). The van der Waals surface area contributed by atoms with Gasteiger partial charge in [-0.15, -0.1) is 11.3 Å². The molecule has 3 nitrogen and oxygen atoms in total. The van der Waals surface area contributed by atoms with Crippen LogP contribution >= 0.6 is 11.3 Å². The van der Waals surface area contributed by atoms with Crippen molar-refractivity contribution in [3.05, 3.63) is 21.9 Å². The lowest BCUT2D eigenvalue weighted by Crippen LogP contribution is -2.21. The van der Waals surface area contributed by atoms with Crippen molar-refractivity contribution in [2.24, 2.45) is 0 Å². The molecule has 7 heteroatoms. The van der Waals surface area contributed by atoms with Crippen LogP contribution in [0.4, 0.5) is 13.2 Å². The van der Waals surface area contributed by atoms with Crippen molar-refractivity contribution in [1.82, 2.24) is 0 Å². The third-order valence-electron chi connectivity index (χ3n) is 1.96. The van der Waals surface area contributed by atoms with Crippen LogP contribution in [0.1, 0.15) is 20.8 Å². The van der Waals surface area contributed by atoms with E-state index >= 15 is 0 Å². The minimum atomic E-state index is -4.83. The molecule has 0 saturated carbocycles. The Bertz CT molecular complexity index is 393. The van der Waals surface area contributed by atoms with Crippen LogP contribution in [0.5, 0.6) is 0 Å². The Morgan fingerprint density at radius 3 is 2.50 bits per heavy atom. The summed E-state index contributed by atoms with van der Waals surface area (Å²) in [6, 6.07) is 2.56. The molecular formula is C9H7F3O3S. The Hall–Kier alpha value is -0.920. The quantitative estimate of drug-likeness (QED) is 0.759. The van der Waals surface area contributed by atoms with Gasteiger partial charge in [0.15, 0.2) is 6.29 Å². The summed E-state index contributed by atoms with van der Waals surface area (Å²) in [7, 11) is 0. The van der Waals surface area contributed by atoms with Gasteiger partial charge in [0.2, 0.25) is 0 Å². The molecule has 1 aromatic heterocycles. The molecule has 1 aromatic rings. The summed E-state index contributed by atoms with van der Waals surface area (Å²) in [5, 5.41) is 0. The normalized spacial score (nSPS) is 17.9. The second-order valence-corrected chi connectivity index (χ2v) is 4.22. The average molecular weight is 252 g/mol. The topological polar surface area (TPSA) is 35.5 Å². The van der Waals surface area contributed by atoms with Gasteiger partial charge in [0.1, 0.15) is 0 Å². The molecule has 1 aliphatic rings. The van der Waals surface area contributed by atoms with E-state index < -0.39 is 18.2 Å². The molecule has 0 bridgehead atoms. The van der Waals surface area contributed by atoms with Crippen molar-refractivity contribution < 1.29 is 27.4 Å². The predicted octanol–water partition coefficient (Wildman–Crippen LogP) is 2.54. The van der Waals surface area contributed by atoms with Gasteiger partial charge in [-0.2, -0.15) is 13.2 Å². The van der Waals surface area contributed by atoms with Crippen LogP contribution in [-0.2, 0) is 9.47 Å². The molecule has 0 amide bonds. The summed E-state index contributed by atoms with van der Waals surface area (Å²) in [6.07, 6.45) is -5.47. The fraction of sp³-hybridized carbons (Fsp3) is 0.444. The Kier molecular flexibility index (Phi) is 3.00. The first-order valence-corrected chi connectivity index (χ1v) is 5.24. The number of ether oxygens (including phenoxy) is 2. The van der Waals surface area contributed by atoms with Gasteiger partial charge in [0.05, 0.1) is 23.0 Å². The van der Waals surface area contributed by atoms with Crippen LogP contribution in [0.2, 0.25) is 0 Å². The predicted molar refractivity (Wildman–Crippen MR) is 49.3 cm³/mol. The molecule has 0 spiro atoms. The monoisotopic (exact) mass is 252 g/mol. The van der Waals surface area contributed by atoms with E-state index in [0.717, 1.165) is 17.4 Å². The third kappa shape index (κ3) is 2.26. The minimum Gasteiger partial charge on any atom is -0.345 e. The zero-order chi connectivity index (χ0) is 11.8. The average Bonchev–Trinajstić information content (AvgIpc) is 2.85. The van der Waals surface area contributed by atoms with Gasteiger partial charge in [-0.3, -0.25) is 4.79 Å². The zero-order valence-corrected chi connectivity index (χ0v) is 8.73. The Morgan fingerprint density at radius 1 is 1.31 bits per heavy atom. The van der Waals surface area contributed by atoms with Crippen molar-refractivity contribution >= 4 is 17.1 Å². The molecule has 0 atom stereocenters. The van der Waals surface area contributed by atoms with Crippen molar-refractivity contribution in [3.63, 3.8) is 0 Å². The molecule has 16 heavy (non-hydrogen) atoms. The number of rotatable bonds is 2. The van der Waals surface area contributed by atoms with Crippen LogP contribution < -0.4 is 0 Å². The standard InChI is InChI=1S/C9H7F3O3S/c10-9(11,12)7(13)5-1-2-6(16-5)8-14-3-4-15-8/h1-2,8H,3-4H2. The maximum atomic E-state index is 12.1. The van der Waals surface area contributed by atoms with Gasteiger partial charge in [-0.25, -0.2) is 0 Å². The number of carbonyl (C=O) groups excluding carboxylic acids is 1. The second-order valence-electron chi connectivity index (χ2n) is 3.10. The van der Waals surface area contributed by atoms with E-state index in [4.69, 9.17) is 9.47 Å². The van der Waals surface area contributed by atoms with Gasteiger partial charge >= 0.3 is 6.18 Å². The van der Waals surface area contributed by atoms with E-state index in [1.54, 1.807) is 0 Å². The molecular weight excluding hydrogens is 245 g/mol. The number of halogens is 3. The number of alkyl halides is 3. The fourth-order valence-electron chi connectivity index (χ4n) is 1.26. The van der Waals surface area contributed by atoms with Crippen molar-refractivity contribution in [1.29, 1.82) is 0 Å². The first-order valence-electron chi connectivity index (χ1n) is 4.43. The molecule has 0 aromatic carbocycles. The Labute approximate surface area is 92.8 Å². The van der Waals surface area contributed by atoms with Crippen LogP contribution in [-0.4, -0.2) is 25.2 Å². The maximum Gasteiger partial charge on any atom is 0.455 e. The SMILES string of the molecule is O=C(c1ccc(C2OCCO2)s1)C(F)(F)F. The van der Waals surface area contributed by atoms with Gasteiger partial charge in [0, 0.05) is 0 Å². The molecule has 2 heterocycles. The largest absolute Gasteiger partial charge is 0.455 e. The highest BCUT2D eigenvalue weighted by Gasteiger charge is 2.40. The van der Waals surface area contributed by atoms with Crippen LogP contribution in [0, 0.1) is 0 Å². The summed E-state index contributed by atoms with van der Waals surface area (Å²) in [6.45, 7) is 0.816. The van der Waals surface area contributed by atoms with E-state index in [-0.39, 0.29) is 4.88 Å². The number of carbonyl (C=O) groups is 1. The highest BCUT2D eigenvalue weighted by Crippen LogP contribution is 2.32. The molecule has 0 N–H and O–H groups in total. The smallest absolute Gasteiger partial charge is 0.345 e. The van der Waals surface area contributed by atoms with Crippen LogP contribution in [0.25, 0.3) is 0 Å². The lowest BCUT2D eigenvalue weighted by Gasteiger charge is -2.05. The van der Waals surface area contributed by atoms with Crippen molar-refractivity contribution in [2.75, 3.05) is 13.2 Å². The van der Waals surface area contributed by atoms with E-state index in [2.05, 4.69) is 0 Å². The van der Waals surface area contributed by atoms with Crippen LogP contribution in [0.3, 0.4) is 0 Å². The minimum absolute atomic E-state index is 0.346. The number of thiophene rings is 1. The van der Waals surface area contributed by atoms with E-state index in [1.807, 2.05) is 0 Å². The summed E-state index contributed by atoms with van der Waals surface area (Å²) in [5.74, 6) is -1.83. The lowest BCUT2D eigenvalue weighted by atomic mass is 10.3. The highest BCUT2D eigenvalue weighted by molar-refractivity contribution is 7.14. The third-order valence-corrected chi connectivity index (χ3v) is 3.07. The second kappa shape index (κ2) is 4.15. The molecule has 1 fully saturated rings. The summed E-state index contributed by atoms with van der Waals surface area (Å²) in [4.78, 5) is 11.0. The Morgan fingerprint density at radius 2 is 1.94 bits per heavy atom. The summed E-state index contributed by atoms with van der Waals surface area (Å²) in [5.41, 5.74) is 0. The van der Waals surface area contributed by atoms with E-state index in [9.17, 15) is 18.0 Å². The van der Waals surface area contributed by atoms with Gasteiger partial charge in [-0.1, -0.05) is 0 Å². The van der Waals surface area contributed by atoms with Crippen molar-refractivity contribution in [2.45, 2.75) is 12.5 Å². The first-order chi connectivity index (χ1) is 7.48. The molecule has 88 valence electrons. The number of Topliss-reactive ketones (excluding diaryl/α,β-unsaturated/α-hetero) is 1. The summed E-state index contributed by atoms with van der Waals surface area (Å²) < 4.78 is 46.6. The first kappa shape index (κ1) is 11.6. The van der Waals surface area contributed by atoms with Crippen LogP contribution in [0.15, 0.2) is 12.1 Å². The number of hydrogen-bond donors (Lipinski definition) is 0. The summed E-state index contributed by atoms with van der Waals surface area (Å²) >= 11 is 0.746. The zero-order valence-electron chi connectivity index (χ0n) is 7.91. The molecule has 1 saturated heterocycles. The fourth-order valence-corrected chi connectivity index (χ4v) is 2.23. The van der Waals surface area contributed by atoms with E-state index in [0.29, 0.717) is 18.1 Å². The molecule has 0 unspecified atom stereocenters. The van der Waals surface area contributed by atoms with E-state index in [1.165, 1.54) is 6.07 Å². The number of ketones is 1. The highest BCUT2D eigenvalue weighted by atomic mass is 32.1. The number of hydrogen-bond acceptors (Lipinski definition) is 4. The lowest BCUT2D eigenvalue weighted by molar-refractivity contribution is -0.0882. The molecule has 0 aliphatic carbocycles. The van der Waals surface area contributed by atoms with Gasteiger partial charge in [0.25, 0.3) is 5.78 Å². The van der Waals surface area contributed by atoms with Gasteiger partial charge < -0.3 is 9.47 Å². The molecule has 0 radical (unpaired) electrons. The Balaban J connectivity index is 2.16. The maximum absolute atomic E-state index is 12.1. The van der Waals surface area contributed by atoms with Gasteiger partial charge in [-0.05, 0) is 12.1 Å². The van der Waals surface area contributed by atoms with Crippen molar-refractivity contribution in [3.8, 4) is 0 Å².